The number of aliphatic hydroxyl groups excluding tert-OH is 1. The smallest absolute Gasteiger partial charge is 0.311 e. The number of amides is 1. The number of anilines is 1. The van der Waals surface area contributed by atoms with Crippen molar-refractivity contribution in [1.82, 2.24) is 0 Å². The SMILES string of the molecule is O=C(/C=C/c1ccc(O)c(CO)c1)Nc1cc2c(cc1OC(=O)CCCCC1CCSS1)OCO2. The Hall–Kier alpha value is -2.82. The van der Waals surface area contributed by atoms with Crippen molar-refractivity contribution in [2.24, 2.45) is 0 Å². The van der Waals surface area contributed by atoms with Crippen molar-refractivity contribution < 1.29 is 34.0 Å². The van der Waals surface area contributed by atoms with Crippen molar-refractivity contribution in [3.05, 3.63) is 47.5 Å². The lowest BCUT2D eigenvalue weighted by Crippen LogP contribution is -2.13. The molecule has 1 atom stereocenters. The minimum atomic E-state index is -0.452. The zero-order valence-electron chi connectivity index (χ0n) is 19.0. The summed E-state index contributed by atoms with van der Waals surface area (Å²) >= 11 is 0. The van der Waals surface area contributed by atoms with Crippen LogP contribution in [0.1, 0.15) is 43.2 Å². The van der Waals surface area contributed by atoms with Crippen LogP contribution in [0.3, 0.4) is 0 Å². The average Bonchev–Trinajstić information content (AvgIpc) is 3.53. The molecule has 2 aromatic carbocycles. The quantitative estimate of drug-likeness (QED) is 0.133. The van der Waals surface area contributed by atoms with Gasteiger partial charge in [-0.1, -0.05) is 34.1 Å². The number of benzene rings is 2. The largest absolute Gasteiger partial charge is 0.508 e. The van der Waals surface area contributed by atoms with Crippen LogP contribution in [0.4, 0.5) is 5.69 Å². The van der Waals surface area contributed by atoms with Gasteiger partial charge in [0.25, 0.3) is 0 Å². The van der Waals surface area contributed by atoms with E-state index < -0.39 is 5.91 Å². The fourth-order valence-electron chi connectivity index (χ4n) is 3.67. The van der Waals surface area contributed by atoms with Crippen molar-refractivity contribution in [2.45, 2.75) is 44.0 Å². The molecule has 3 N–H and O–H groups in total. The molecular weight excluding hydrogens is 490 g/mol. The molecule has 0 aromatic heterocycles. The van der Waals surface area contributed by atoms with Gasteiger partial charge in [0.05, 0.1) is 12.3 Å². The highest BCUT2D eigenvalue weighted by Crippen LogP contribution is 2.41. The molecular formula is C25H27NO7S2. The Balaban J connectivity index is 1.37. The molecule has 1 amide bonds. The molecule has 186 valence electrons. The summed E-state index contributed by atoms with van der Waals surface area (Å²) in [5.74, 6) is 1.44. The van der Waals surface area contributed by atoms with Gasteiger partial charge < -0.3 is 29.7 Å². The number of aromatic hydroxyl groups is 1. The standard InChI is InChI=1S/C25H27NO7S2/c27-14-17-11-16(5-7-20(17)28)6-8-24(29)26-19-12-22-23(32-15-31-22)13-21(19)33-25(30)4-2-1-3-18-9-10-34-35-18/h5-8,11-13,18,27-28H,1-4,9-10,14-15H2,(H,26,29)/b8-6+. The number of ether oxygens (including phenoxy) is 3. The molecule has 4 rings (SSSR count). The van der Waals surface area contributed by atoms with E-state index in [4.69, 9.17) is 14.2 Å². The van der Waals surface area contributed by atoms with Gasteiger partial charge in [0, 0.05) is 41.2 Å². The number of fused-ring (bicyclic) bond motifs is 1. The summed E-state index contributed by atoms with van der Waals surface area (Å²) in [6.07, 6.45) is 7.19. The van der Waals surface area contributed by atoms with Crippen LogP contribution in [-0.2, 0) is 16.2 Å². The molecule has 1 fully saturated rings. The minimum absolute atomic E-state index is 0.0163. The Morgan fingerprint density at radius 2 is 2.00 bits per heavy atom. The zero-order valence-corrected chi connectivity index (χ0v) is 20.7. The fourth-order valence-corrected chi connectivity index (χ4v) is 6.69. The molecule has 35 heavy (non-hydrogen) atoms. The molecule has 0 spiro atoms. The molecule has 0 saturated carbocycles. The van der Waals surface area contributed by atoms with Crippen LogP contribution in [0.15, 0.2) is 36.4 Å². The molecule has 1 unspecified atom stereocenters. The summed E-state index contributed by atoms with van der Waals surface area (Å²) in [4.78, 5) is 25.0. The van der Waals surface area contributed by atoms with Crippen LogP contribution in [-0.4, -0.2) is 39.9 Å². The van der Waals surface area contributed by atoms with Crippen LogP contribution < -0.4 is 19.5 Å². The molecule has 10 heteroatoms. The van der Waals surface area contributed by atoms with Crippen molar-refractivity contribution >= 4 is 45.2 Å². The van der Waals surface area contributed by atoms with Gasteiger partial charge in [0.1, 0.15) is 5.75 Å². The first-order valence-corrected chi connectivity index (χ1v) is 13.7. The third-order valence-corrected chi connectivity index (χ3v) is 8.55. The van der Waals surface area contributed by atoms with Gasteiger partial charge in [-0.05, 0) is 43.0 Å². The van der Waals surface area contributed by atoms with E-state index in [9.17, 15) is 19.8 Å². The summed E-state index contributed by atoms with van der Waals surface area (Å²) in [7, 11) is 3.85. The van der Waals surface area contributed by atoms with Gasteiger partial charge in [-0.25, -0.2) is 0 Å². The number of nitrogens with one attached hydrogen (secondary N) is 1. The van der Waals surface area contributed by atoms with E-state index >= 15 is 0 Å². The molecule has 0 bridgehead atoms. The molecule has 0 radical (unpaired) electrons. The predicted octanol–water partition coefficient (Wildman–Crippen LogP) is 4.88. The Morgan fingerprint density at radius 3 is 2.77 bits per heavy atom. The molecule has 1 saturated heterocycles. The summed E-state index contributed by atoms with van der Waals surface area (Å²) in [5.41, 5.74) is 1.28. The number of aliphatic hydroxyl groups is 1. The maximum absolute atomic E-state index is 12.6. The summed E-state index contributed by atoms with van der Waals surface area (Å²) in [6.45, 7) is -0.268. The van der Waals surface area contributed by atoms with Crippen LogP contribution in [0.5, 0.6) is 23.0 Å². The number of carbonyl (C=O) groups excluding carboxylic acids is 2. The van der Waals surface area contributed by atoms with Gasteiger partial charge in [-0.2, -0.15) is 0 Å². The molecule has 0 aliphatic carbocycles. The van der Waals surface area contributed by atoms with E-state index in [1.807, 2.05) is 21.6 Å². The predicted molar refractivity (Wildman–Crippen MR) is 137 cm³/mol. The van der Waals surface area contributed by atoms with Gasteiger partial charge in [-0.3, -0.25) is 9.59 Å². The van der Waals surface area contributed by atoms with E-state index in [0.717, 1.165) is 19.3 Å². The van der Waals surface area contributed by atoms with Crippen LogP contribution in [0.2, 0.25) is 0 Å². The van der Waals surface area contributed by atoms with E-state index in [1.165, 1.54) is 24.3 Å². The lowest BCUT2D eigenvalue weighted by Gasteiger charge is -2.12. The number of rotatable bonds is 10. The Morgan fingerprint density at radius 1 is 1.17 bits per heavy atom. The van der Waals surface area contributed by atoms with E-state index in [-0.39, 0.29) is 30.9 Å². The highest BCUT2D eigenvalue weighted by Gasteiger charge is 2.21. The molecule has 2 aliphatic heterocycles. The number of hydrogen-bond donors (Lipinski definition) is 3. The third-order valence-electron chi connectivity index (χ3n) is 5.54. The lowest BCUT2D eigenvalue weighted by atomic mass is 10.1. The molecule has 2 aromatic rings. The summed E-state index contributed by atoms with van der Waals surface area (Å²) in [6, 6.07) is 7.76. The Labute approximate surface area is 211 Å². The Bertz CT molecular complexity index is 1100. The van der Waals surface area contributed by atoms with Gasteiger partial charge in [0.2, 0.25) is 12.7 Å². The van der Waals surface area contributed by atoms with Crippen LogP contribution in [0.25, 0.3) is 6.08 Å². The lowest BCUT2D eigenvalue weighted by molar-refractivity contribution is -0.134. The van der Waals surface area contributed by atoms with E-state index in [0.29, 0.717) is 40.0 Å². The first kappa shape index (κ1) is 25.3. The maximum Gasteiger partial charge on any atom is 0.311 e. The Kier molecular flexibility index (Phi) is 8.84. The van der Waals surface area contributed by atoms with Gasteiger partial charge >= 0.3 is 5.97 Å². The molecule has 8 nitrogen and oxygen atoms in total. The number of phenols is 1. The fraction of sp³-hybridized carbons (Fsp3) is 0.360. The second kappa shape index (κ2) is 12.2. The van der Waals surface area contributed by atoms with E-state index in [1.54, 1.807) is 30.3 Å². The maximum atomic E-state index is 12.6. The number of carbonyl (C=O) groups is 2. The monoisotopic (exact) mass is 517 g/mol. The van der Waals surface area contributed by atoms with Crippen molar-refractivity contribution in [3.63, 3.8) is 0 Å². The van der Waals surface area contributed by atoms with Crippen molar-refractivity contribution in [2.75, 3.05) is 17.9 Å². The molecule has 2 aliphatic rings. The zero-order chi connectivity index (χ0) is 24.6. The number of esters is 1. The highest BCUT2D eigenvalue weighted by molar-refractivity contribution is 8.77. The minimum Gasteiger partial charge on any atom is -0.508 e. The first-order valence-electron chi connectivity index (χ1n) is 11.4. The average molecular weight is 518 g/mol. The topological polar surface area (TPSA) is 114 Å². The van der Waals surface area contributed by atoms with Crippen molar-refractivity contribution in [1.29, 1.82) is 0 Å². The van der Waals surface area contributed by atoms with E-state index in [2.05, 4.69) is 5.32 Å². The van der Waals surface area contributed by atoms with Gasteiger partial charge in [-0.15, -0.1) is 0 Å². The van der Waals surface area contributed by atoms with Crippen LogP contribution in [0, 0.1) is 0 Å². The summed E-state index contributed by atoms with van der Waals surface area (Å²) < 4.78 is 16.4. The molecule has 2 heterocycles. The number of unbranched alkanes of at least 4 members (excludes halogenated alkanes) is 1. The number of hydrogen-bond acceptors (Lipinski definition) is 9. The first-order chi connectivity index (χ1) is 17.0. The second-order valence-corrected chi connectivity index (χ2v) is 10.9. The van der Waals surface area contributed by atoms with Crippen LogP contribution >= 0.6 is 21.6 Å². The van der Waals surface area contributed by atoms with Crippen molar-refractivity contribution in [3.8, 4) is 23.0 Å². The summed E-state index contributed by atoms with van der Waals surface area (Å²) in [5, 5.41) is 22.4. The van der Waals surface area contributed by atoms with Gasteiger partial charge in [0.15, 0.2) is 17.2 Å². The normalized spacial score (nSPS) is 16.5. The second-order valence-electron chi connectivity index (χ2n) is 8.12. The third kappa shape index (κ3) is 7.09. The highest BCUT2D eigenvalue weighted by atomic mass is 33.1.